The number of fused-ring (bicyclic) bond motifs is 1. The maximum absolute atomic E-state index is 12.8. The van der Waals surface area contributed by atoms with E-state index >= 15 is 0 Å². The van der Waals surface area contributed by atoms with Crippen LogP contribution in [0.25, 0.3) is 0 Å². The highest BCUT2D eigenvalue weighted by Crippen LogP contribution is 2.25. The number of carbonyl (C=O) groups is 1. The quantitative estimate of drug-likeness (QED) is 0.858. The minimum Gasteiger partial charge on any atom is -0.338 e. The van der Waals surface area contributed by atoms with Crippen LogP contribution in [0.15, 0.2) is 47.4 Å². The van der Waals surface area contributed by atoms with Gasteiger partial charge in [-0.3, -0.25) is 9.52 Å². The molecule has 0 saturated carbocycles. The number of hydrogen-bond donors (Lipinski definition) is 1. The van der Waals surface area contributed by atoms with Crippen molar-refractivity contribution in [3.8, 4) is 0 Å². The van der Waals surface area contributed by atoms with Crippen molar-refractivity contribution in [1.82, 2.24) is 4.90 Å². The van der Waals surface area contributed by atoms with Crippen LogP contribution in [0.4, 0.5) is 5.69 Å². The van der Waals surface area contributed by atoms with E-state index in [4.69, 9.17) is 0 Å². The van der Waals surface area contributed by atoms with E-state index in [-0.39, 0.29) is 5.91 Å². The molecule has 1 heterocycles. The predicted molar refractivity (Wildman–Crippen MR) is 105 cm³/mol. The van der Waals surface area contributed by atoms with Crippen LogP contribution in [-0.4, -0.2) is 25.8 Å². The van der Waals surface area contributed by atoms with Crippen molar-refractivity contribution < 1.29 is 13.2 Å². The van der Waals surface area contributed by atoms with Crippen LogP contribution < -0.4 is 4.72 Å². The molecule has 1 aliphatic heterocycles. The number of aryl methyl sites for hydroxylation is 2. The Morgan fingerprint density at radius 3 is 2.52 bits per heavy atom. The van der Waals surface area contributed by atoms with Gasteiger partial charge in [-0.15, -0.1) is 0 Å². The molecule has 1 N–H and O–H groups in total. The third-order valence-corrected chi connectivity index (χ3v) is 6.73. The highest BCUT2D eigenvalue weighted by atomic mass is 32.2. The number of likely N-dealkylation sites (tertiary alicyclic amines) is 1. The van der Waals surface area contributed by atoms with Gasteiger partial charge in [0, 0.05) is 25.2 Å². The number of amides is 1. The zero-order valence-corrected chi connectivity index (χ0v) is 16.1. The molecule has 27 heavy (non-hydrogen) atoms. The zero-order chi connectivity index (χ0) is 18.9. The smallest absolute Gasteiger partial charge is 0.261 e. The summed E-state index contributed by atoms with van der Waals surface area (Å²) >= 11 is 0. The summed E-state index contributed by atoms with van der Waals surface area (Å²) in [6.45, 7) is 1.29. The SMILES string of the molecule is O=C1CCCN1Cc1cccc(NS(=O)(=O)c2ccc3c(c2)CCCC3)c1. The summed E-state index contributed by atoms with van der Waals surface area (Å²) in [7, 11) is -3.63. The van der Waals surface area contributed by atoms with Gasteiger partial charge in [0.15, 0.2) is 0 Å². The Morgan fingerprint density at radius 2 is 1.74 bits per heavy atom. The number of sulfonamides is 1. The molecule has 2 aromatic carbocycles. The van der Waals surface area contributed by atoms with Gasteiger partial charge in [0.2, 0.25) is 5.91 Å². The standard InChI is InChI=1S/C21H24N2O3S/c24-21-9-4-12-23(21)15-16-5-3-8-19(13-16)22-27(25,26)20-11-10-17-6-1-2-7-18(17)14-20/h3,5,8,10-11,13-14,22H,1-2,4,6-7,9,12,15H2. The van der Waals surface area contributed by atoms with Crippen LogP contribution in [0, 0.1) is 0 Å². The maximum atomic E-state index is 12.8. The molecule has 0 spiro atoms. The summed E-state index contributed by atoms with van der Waals surface area (Å²) in [4.78, 5) is 13.9. The molecule has 6 heteroatoms. The highest BCUT2D eigenvalue weighted by Gasteiger charge is 2.21. The first-order chi connectivity index (χ1) is 13.0. The molecule has 0 bridgehead atoms. The summed E-state index contributed by atoms with van der Waals surface area (Å²) in [5.41, 5.74) is 3.86. The first-order valence-electron chi connectivity index (χ1n) is 9.53. The molecule has 0 atom stereocenters. The number of anilines is 1. The molecule has 1 amide bonds. The van der Waals surface area contributed by atoms with Crippen LogP contribution in [0.2, 0.25) is 0 Å². The van der Waals surface area contributed by atoms with Gasteiger partial charge in [0.05, 0.1) is 4.90 Å². The highest BCUT2D eigenvalue weighted by molar-refractivity contribution is 7.92. The topological polar surface area (TPSA) is 66.5 Å². The third kappa shape index (κ3) is 4.00. The molecular formula is C21H24N2O3S. The molecule has 2 aliphatic rings. The normalized spacial score (nSPS) is 17.0. The van der Waals surface area contributed by atoms with Crippen LogP contribution in [-0.2, 0) is 34.2 Å². The molecule has 1 saturated heterocycles. The van der Waals surface area contributed by atoms with Gasteiger partial charge < -0.3 is 4.90 Å². The monoisotopic (exact) mass is 384 g/mol. The number of carbonyl (C=O) groups excluding carboxylic acids is 1. The second kappa shape index (κ2) is 7.35. The molecule has 0 aromatic heterocycles. The van der Waals surface area contributed by atoms with Crippen LogP contribution in [0.1, 0.15) is 42.4 Å². The number of nitrogens with one attached hydrogen (secondary N) is 1. The second-order valence-electron chi connectivity index (χ2n) is 7.36. The molecule has 1 aliphatic carbocycles. The number of benzene rings is 2. The van der Waals surface area contributed by atoms with Crippen molar-refractivity contribution >= 4 is 21.6 Å². The second-order valence-corrected chi connectivity index (χ2v) is 9.04. The van der Waals surface area contributed by atoms with E-state index in [2.05, 4.69) is 4.72 Å². The van der Waals surface area contributed by atoms with Gasteiger partial charge >= 0.3 is 0 Å². The predicted octanol–water partition coefficient (Wildman–Crippen LogP) is 3.49. The lowest BCUT2D eigenvalue weighted by Gasteiger charge is -2.18. The molecular weight excluding hydrogens is 360 g/mol. The summed E-state index contributed by atoms with van der Waals surface area (Å²) in [5.74, 6) is 0.162. The summed E-state index contributed by atoms with van der Waals surface area (Å²) in [6, 6.07) is 12.7. The van der Waals surface area contributed by atoms with Gasteiger partial charge in [-0.1, -0.05) is 18.2 Å². The number of hydrogen-bond acceptors (Lipinski definition) is 3. The molecule has 1 fully saturated rings. The summed E-state index contributed by atoms with van der Waals surface area (Å²) in [5, 5.41) is 0. The van der Waals surface area contributed by atoms with Gasteiger partial charge in [0.1, 0.15) is 0 Å². The molecule has 0 radical (unpaired) electrons. The van der Waals surface area contributed by atoms with Gasteiger partial charge in [-0.2, -0.15) is 0 Å². The Hall–Kier alpha value is -2.34. The van der Waals surface area contributed by atoms with Crippen molar-refractivity contribution in [1.29, 1.82) is 0 Å². The van der Waals surface area contributed by atoms with Crippen molar-refractivity contribution in [2.45, 2.75) is 50.0 Å². The lowest BCUT2D eigenvalue weighted by Crippen LogP contribution is -2.23. The van der Waals surface area contributed by atoms with E-state index in [0.29, 0.717) is 23.5 Å². The van der Waals surface area contributed by atoms with Gasteiger partial charge in [-0.05, 0) is 73.1 Å². The Labute approximate surface area is 160 Å². The average molecular weight is 385 g/mol. The lowest BCUT2D eigenvalue weighted by molar-refractivity contribution is -0.128. The van der Waals surface area contributed by atoms with E-state index in [1.807, 2.05) is 35.2 Å². The molecule has 5 nitrogen and oxygen atoms in total. The van der Waals surface area contributed by atoms with E-state index in [0.717, 1.165) is 43.4 Å². The number of nitrogens with zero attached hydrogens (tertiary/aromatic N) is 1. The van der Waals surface area contributed by atoms with Crippen LogP contribution in [0.3, 0.4) is 0 Å². The molecule has 2 aromatic rings. The fourth-order valence-corrected chi connectivity index (χ4v) is 5.02. The first-order valence-corrected chi connectivity index (χ1v) is 11.0. The van der Waals surface area contributed by atoms with Gasteiger partial charge in [0.25, 0.3) is 10.0 Å². The minimum atomic E-state index is -3.63. The third-order valence-electron chi connectivity index (χ3n) is 5.35. The Kier molecular flexibility index (Phi) is 4.91. The zero-order valence-electron chi connectivity index (χ0n) is 15.3. The summed E-state index contributed by atoms with van der Waals surface area (Å²) in [6.07, 6.45) is 5.75. The van der Waals surface area contributed by atoms with Crippen molar-refractivity contribution in [2.75, 3.05) is 11.3 Å². The van der Waals surface area contributed by atoms with Crippen LogP contribution >= 0.6 is 0 Å². The van der Waals surface area contributed by atoms with E-state index < -0.39 is 10.0 Å². The van der Waals surface area contributed by atoms with Crippen LogP contribution in [0.5, 0.6) is 0 Å². The largest absolute Gasteiger partial charge is 0.338 e. The van der Waals surface area contributed by atoms with E-state index in [1.165, 1.54) is 12.0 Å². The summed E-state index contributed by atoms with van der Waals surface area (Å²) < 4.78 is 28.3. The number of rotatable bonds is 5. The minimum absolute atomic E-state index is 0.162. The van der Waals surface area contributed by atoms with Crippen molar-refractivity contribution in [3.05, 3.63) is 59.2 Å². The first kappa shape index (κ1) is 18.0. The Balaban J connectivity index is 1.52. The molecule has 142 valence electrons. The molecule has 4 rings (SSSR count). The van der Waals surface area contributed by atoms with Gasteiger partial charge in [-0.25, -0.2) is 8.42 Å². The Bertz CT molecular complexity index is 969. The fourth-order valence-electron chi connectivity index (χ4n) is 3.92. The fraction of sp³-hybridized carbons (Fsp3) is 0.381. The lowest BCUT2D eigenvalue weighted by atomic mass is 9.92. The molecule has 0 unspecified atom stereocenters. The van der Waals surface area contributed by atoms with E-state index in [1.54, 1.807) is 12.1 Å². The average Bonchev–Trinajstić information content (AvgIpc) is 3.06. The Morgan fingerprint density at radius 1 is 0.926 bits per heavy atom. The van der Waals surface area contributed by atoms with Crippen molar-refractivity contribution in [3.63, 3.8) is 0 Å². The van der Waals surface area contributed by atoms with Crippen molar-refractivity contribution in [2.24, 2.45) is 0 Å². The maximum Gasteiger partial charge on any atom is 0.261 e. The van der Waals surface area contributed by atoms with E-state index in [9.17, 15) is 13.2 Å².